The Balaban J connectivity index is 2.02. The summed E-state index contributed by atoms with van der Waals surface area (Å²) in [4.78, 5) is 11.7. The van der Waals surface area contributed by atoms with Crippen molar-refractivity contribution in [3.8, 4) is 11.3 Å². The zero-order valence-electron chi connectivity index (χ0n) is 15.5. The Morgan fingerprint density at radius 1 is 1.07 bits per heavy atom. The van der Waals surface area contributed by atoms with Crippen LogP contribution in [-0.4, -0.2) is 19.4 Å². The summed E-state index contributed by atoms with van der Waals surface area (Å²) in [6, 6.07) is 11.5. The van der Waals surface area contributed by atoms with E-state index in [2.05, 4.69) is 9.88 Å². The number of benzene rings is 2. The second-order valence-corrected chi connectivity index (χ2v) is 8.10. The number of anilines is 1. The van der Waals surface area contributed by atoms with Gasteiger partial charge in [0.25, 0.3) is 10.0 Å². The molecular formula is C20H20N2O4S. The lowest BCUT2D eigenvalue weighted by atomic mass is 10.1. The standard InChI is InChI=1S/C20H20N2O4S/c1-12-8-9-17(20-13(2)14(3)21-26-20)11-19(12)27(24,25)22-18-7-5-6-16(10-18)15(4)23/h5-11,22H,1-4H3. The minimum atomic E-state index is -3.85. The summed E-state index contributed by atoms with van der Waals surface area (Å²) >= 11 is 0. The van der Waals surface area contributed by atoms with Crippen molar-refractivity contribution in [3.05, 3.63) is 64.8 Å². The minimum absolute atomic E-state index is 0.134. The number of nitrogens with one attached hydrogen (secondary N) is 1. The molecule has 140 valence electrons. The van der Waals surface area contributed by atoms with Gasteiger partial charge in [-0.2, -0.15) is 0 Å². The quantitative estimate of drug-likeness (QED) is 0.664. The molecule has 1 heterocycles. The van der Waals surface area contributed by atoms with Crippen molar-refractivity contribution in [2.75, 3.05) is 4.72 Å². The number of ketones is 1. The van der Waals surface area contributed by atoms with Crippen molar-refractivity contribution in [2.45, 2.75) is 32.6 Å². The third kappa shape index (κ3) is 3.78. The van der Waals surface area contributed by atoms with E-state index in [1.54, 1.807) is 43.3 Å². The molecule has 0 saturated carbocycles. The van der Waals surface area contributed by atoms with E-state index in [1.165, 1.54) is 13.0 Å². The van der Waals surface area contributed by atoms with Crippen LogP contribution < -0.4 is 4.72 Å². The summed E-state index contributed by atoms with van der Waals surface area (Å²) in [5.41, 5.74) is 3.63. The van der Waals surface area contributed by atoms with Crippen LogP contribution in [0.25, 0.3) is 11.3 Å². The van der Waals surface area contributed by atoms with E-state index < -0.39 is 10.0 Å². The van der Waals surface area contributed by atoms with E-state index in [-0.39, 0.29) is 10.7 Å². The van der Waals surface area contributed by atoms with Crippen LogP contribution in [0.4, 0.5) is 5.69 Å². The average Bonchev–Trinajstić information content (AvgIpc) is 2.94. The summed E-state index contributed by atoms with van der Waals surface area (Å²) in [5.74, 6) is 0.410. The molecule has 0 aliphatic carbocycles. The van der Waals surface area contributed by atoms with E-state index in [0.717, 1.165) is 11.3 Å². The Kier molecular flexibility index (Phi) is 4.89. The molecule has 0 unspecified atom stereocenters. The van der Waals surface area contributed by atoms with Gasteiger partial charge in [0.2, 0.25) is 0 Å². The summed E-state index contributed by atoms with van der Waals surface area (Å²) in [7, 11) is -3.85. The molecule has 3 rings (SSSR count). The van der Waals surface area contributed by atoms with Crippen LogP contribution in [0.1, 0.15) is 34.1 Å². The van der Waals surface area contributed by atoms with Gasteiger partial charge in [-0.05, 0) is 51.5 Å². The molecule has 1 N–H and O–H groups in total. The fourth-order valence-corrected chi connectivity index (χ4v) is 4.05. The highest BCUT2D eigenvalue weighted by Gasteiger charge is 2.20. The zero-order chi connectivity index (χ0) is 19.8. The molecule has 0 atom stereocenters. The summed E-state index contributed by atoms with van der Waals surface area (Å²) in [6.45, 7) is 6.87. The van der Waals surface area contributed by atoms with Gasteiger partial charge in [-0.15, -0.1) is 0 Å². The molecule has 6 nitrogen and oxygen atoms in total. The second-order valence-electron chi connectivity index (χ2n) is 6.44. The Morgan fingerprint density at radius 2 is 1.81 bits per heavy atom. The molecule has 2 aromatic carbocycles. The predicted molar refractivity (Wildman–Crippen MR) is 103 cm³/mol. The molecule has 0 aliphatic rings. The third-order valence-corrected chi connectivity index (χ3v) is 5.94. The van der Waals surface area contributed by atoms with E-state index in [1.807, 2.05) is 13.8 Å². The molecular weight excluding hydrogens is 364 g/mol. The van der Waals surface area contributed by atoms with Crippen molar-refractivity contribution in [1.82, 2.24) is 5.16 Å². The Hall–Kier alpha value is -2.93. The van der Waals surface area contributed by atoms with Crippen molar-refractivity contribution in [3.63, 3.8) is 0 Å². The normalized spacial score (nSPS) is 11.4. The van der Waals surface area contributed by atoms with Gasteiger partial charge >= 0.3 is 0 Å². The van der Waals surface area contributed by atoms with Gasteiger partial charge in [0.15, 0.2) is 11.5 Å². The number of aromatic nitrogens is 1. The van der Waals surface area contributed by atoms with E-state index in [9.17, 15) is 13.2 Å². The molecule has 0 fully saturated rings. The van der Waals surface area contributed by atoms with Gasteiger partial charge < -0.3 is 4.52 Å². The first-order chi connectivity index (χ1) is 12.7. The largest absolute Gasteiger partial charge is 0.356 e. The fourth-order valence-electron chi connectivity index (χ4n) is 2.73. The molecule has 27 heavy (non-hydrogen) atoms. The van der Waals surface area contributed by atoms with Crippen LogP contribution in [0.3, 0.4) is 0 Å². The Labute approximate surface area is 158 Å². The van der Waals surface area contributed by atoms with Crippen LogP contribution >= 0.6 is 0 Å². The number of hydrogen-bond donors (Lipinski definition) is 1. The first-order valence-corrected chi connectivity index (χ1v) is 9.85. The summed E-state index contributed by atoms with van der Waals surface area (Å²) in [5, 5.41) is 3.93. The number of carbonyl (C=O) groups excluding carboxylic acids is 1. The number of Topliss-reactive ketones (excluding diaryl/α,β-unsaturated/α-hetero) is 1. The second kappa shape index (κ2) is 7.00. The number of hydrogen-bond acceptors (Lipinski definition) is 5. The predicted octanol–water partition coefficient (Wildman–Crippen LogP) is 4.27. The van der Waals surface area contributed by atoms with Crippen molar-refractivity contribution in [1.29, 1.82) is 0 Å². The number of nitrogens with zero attached hydrogens (tertiary/aromatic N) is 1. The lowest BCUT2D eigenvalue weighted by molar-refractivity contribution is 0.101. The van der Waals surface area contributed by atoms with Gasteiger partial charge in [0.05, 0.1) is 10.6 Å². The number of carbonyl (C=O) groups is 1. The van der Waals surface area contributed by atoms with Crippen LogP contribution in [0.15, 0.2) is 51.9 Å². The summed E-state index contributed by atoms with van der Waals surface area (Å²) < 4.78 is 33.8. The van der Waals surface area contributed by atoms with Gasteiger partial charge in [-0.1, -0.05) is 29.4 Å². The smallest absolute Gasteiger partial charge is 0.262 e. The zero-order valence-corrected chi connectivity index (χ0v) is 16.3. The van der Waals surface area contributed by atoms with Crippen molar-refractivity contribution < 1.29 is 17.7 Å². The lowest BCUT2D eigenvalue weighted by Gasteiger charge is -2.12. The Morgan fingerprint density at radius 3 is 2.44 bits per heavy atom. The molecule has 0 spiro atoms. The molecule has 3 aromatic rings. The Bertz CT molecular complexity index is 1130. The van der Waals surface area contributed by atoms with E-state index in [0.29, 0.717) is 28.1 Å². The average molecular weight is 384 g/mol. The molecule has 0 saturated heterocycles. The fraction of sp³-hybridized carbons (Fsp3) is 0.200. The summed E-state index contributed by atoms with van der Waals surface area (Å²) in [6.07, 6.45) is 0. The van der Waals surface area contributed by atoms with Crippen LogP contribution in [0.5, 0.6) is 0 Å². The van der Waals surface area contributed by atoms with Gasteiger partial charge in [-0.3, -0.25) is 9.52 Å². The SMILES string of the molecule is CC(=O)c1cccc(NS(=O)(=O)c2cc(-c3onc(C)c3C)ccc2C)c1. The number of sulfonamides is 1. The maximum atomic E-state index is 12.9. The minimum Gasteiger partial charge on any atom is -0.356 e. The maximum absolute atomic E-state index is 12.9. The third-order valence-electron chi connectivity index (χ3n) is 4.42. The van der Waals surface area contributed by atoms with Crippen LogP contribution in [-0.2, 0) is 10.0 Å². The van der Waals surface area contributed by atoms with Crippen molar-refractivity contribution >= 4 is 21.5 Å². The van der Waals surface area contributed by atoms with Crippen LogP contribution in [0.2, 0.25) is 0 Å². The molecule has 0 amide bonds. The first-order valence-electron chi connectivity index (χ1n) is 8.37. The van der Waals surface area contributed by atoms with Crippen LogP contribution in [0, 0.1) is 20.8 Å². The monoisotopic (exact) mass is 384 g/mol. The number of rotatable bonds is 5. The lowest BCUT2D eigenvalue weighted by Crippen LogP contribution is -2.14. The molecule has 0 bridgehead atoms. The molecule has 0 aliphatic heterocycles. The highest BCUT2D eigenvalue weighted by Crippen LogP contribution is 2.29. The highest BCUT2D eigenvalue weighted by molar-refractivity contribution is 7.92. The van der Waals surface area contributed by atoms with E-state index >= 15 is 0 Å². The molecule has 7 heteroatoms. The highest BCUT2D eigenvalue weighted by atomic mass is 32.2. The first kappa shape index (κ1) is 18.8. The maximum Gasteiger partial charge on any atom is 0.262 e. The van der Waals surface area contributed by atoms with Gasteiger partial charge in [0.1, 0.15) is 0 Å². The van der Waals surface area contributed by atoms with Gasteiger partial charge in [0, 0.05) is 22.4 Å². The molecule has 1 aromatic heterocycles. The van der Waals surface area contributed by atoms with E-state index in [4.69, 9.17) is 4.52 Å². The van der Waals surface area contributed by atoms with Gasteiger partial charge in [-0.25, -0.2) is 8.42 Å². The number of aryl methyl sites for hydroxylation is 2. The molecule has 0 radical (unpaired) electrons. The van der Waals surface area contributed by atoms with Crippen molar-refractivity contribution in [2.24, 2.45) is 0 Å². The topological polar surface area (TPSA) is 89.3 Å².